The largest absolute Gasteiger partial charge is 0.376 e. The van der Waals surface area contributed by atoms with Gasteiger partial charge in [0.2, 0.25) is 5.91 Å². The highest BCUT2D eigenvalue weighted by atomic mass is 16.2. The molecule has 0 spiro atoms. The number of amides is 1. The molecule has 1 amide bonds. The standard InChI is InChI=1S/C15H22N2O/c1-12(2)17(11-13-8-9-13)15(18)10-16-14-6-4-3-5-7-14/h3-7,12-13,16H,8-11H2,1-2H3. The highest BCUT2D eigenvalue weighted by Gasteiger charge is 2.27. The van der Waals surface area contributed by atoms with Crippen molar-refractivity contribution in [2.24, 2.45) is 5.92 Å². The van der Waals surface area contributed by atoms with Crippen LogP contribution in [0.15, 0.2) is 30.3 Å². The number of carbonyl (C=O) groups excluding carboxylic acids is 1. The first-order valence-electron chi connectivity index (χ1n) is 6.75. The van der Waals surface area contributed by atoms with E-state index in [4.69, 9.17) is 0 Å². The number of rotatable bonds is 6. The van der Waals surface area contributed by atoms with Crippen LogP contribution in [-0.2, 0) is 4.79 Å². The molecule has 3 heteroatoms. The Hall–Kier alpha value is -1.51. The summed E-state index contributed by atoms with van der Waals surface area (Å²) in [7, 11) is 0. The molecule has 1 N–H and O–H groups in total. The average Bonchev–Trinajstić information content (AvgIpc) is 3.18. The maximum Gasteiger partial charge on any atom is 0.242 e. The predicted octanol–water partition coefficient (Wildman–Crippen LogP) is 2.75. The molecule has 1 aromatic rings. The zero-order valence-corrected chi connectivity index (χ0v) is 11.2. The second-order valence-electron chi connectivity index (χ2n) is 5.30. The predicted molar refractivity (Wildman–Crippen MR) is 74.5 cm³/mol. The van der Waals surface area contributed by atoms with Crippen molar-refractivity contribution in [3.63, 3.8) is 0 Å². The molecule has 0 radical (unpaired) electrons. The van der Waals surface area contributed by atoms with Gasteiger partial charge in [-0.15, -0.1) is 0 Å². The number of nitrogens with one attached hydrogen (secondary N) is 1. The molecule has 0 unspecified atom stereocenters. The Labute approximate surface area is 109 Å². The van der Waals surface area contributed by atoms with Gasteiger partial charge in [0.05, 0.1) is 6.54 Å². The number of anilines is 1. The lowest BCUT2D eigenvalue weighted by atomic mass is 10.2. The quantitative estimate of drug-likeness (QED) is 0.837. The van der Waals surface area contributed by atoms with Gasteiger partial charge >= 0.3 is 0 Å². The Morgan fingerprint density at radius 3 is 2.56 bits per heavy atom. The van der Waals surface area contributed by atoms with Crippen molar-refractivity contribution in [2.75, 3.05) is 18.4 Å². The van der Waals surface area contributed by atoms with Crippen LogP contribution in [0.1, 0.15) is 26.7 Å². The zero-order valence-electron chi connectivity index (χ0n) is 11.2. The highest BCUT2D eigenvalue weighted by molar-refractivity contribution is 5.81. The monoisotopic (exact) mass is 246 g/mol. The van der Waals surface area contributed by atoms with Crippen molar-refractivity contribution >= 4 is 11.6 Å². The summed E-state index contributed by atoms with van der Waals surface area (Å²) in [5.74, 6) is 0.939. The van der Waals surface area contributed by atoms with Crippen LogP contribution in [-0.4, -0.2) is 29.9 Å². The summed E-state index contributed by atoms with van der Waals surface area (Å²) < 4.78 is 0. The molecule has 18 heavy (non-hydrogen) atoms. The fourth-order valence-corrected chi connectivity index (χ4v) is 2.01. The van der Waals surface area contributed by atoms with E-state index in [9.17, 15) is 4.79 Å². The van der Waals surface area contributed by atoms with E-state index in [0.717, 1.165) is 18.2 Å². The first-order valence-corrected chi connectivity index (χ1v) is 6.75. The van der Waals surface area contributed by atoms with Crippen LogP contribution < -0.4 is 5.32 Å². The lowest BCUT2D eigenvalue weighted by molar-refractivity contribution is -0.131. The summed E-state index contributed by atoms with van der Waals surface area (Å²) >= 11 is 0. The van der Waals surface area contributed by atoms with E-state index in [1.54, 1.807) is 0 Å². The molecule has 0 heterocycles. The molecule has 1 aliphatic carbocycles. The van der Waals surface area contributed by atoms with Gasteiger partial charge in [-0.05, 0) is 44.7 Å². The van der Waals surface area contributed by atoms with Crippen molar-refractivity contribution in [2.45, 2.75) is 32.7 Å². The number of benzene rings is 1. The van der Waals surface area contributed by atoms with Gasteiger partial charge in [-0.2, -0.15) is 0 Å². The SMILES string of the molecule is CC(C)N(CC1CC1)C(=O)CNc1ccccc1. The summed E-state index contributed by atoms with van der Waals surface area (Å²) in [4.78, 5) is 14.2. The molecule has 0 aliphatic heterocycles. The Kier molecular flexibility index (Phi) is 4.24. The lowest BCUT2D eigenvalue weighted by Crippen LogP contribution is -2.41. The van der Waals surface area contributed by atoms with E-state index < -0.39 is 0 Å². The van der Waals surface area contributed by atoms with Crippen LogP contribution in [0.5, 0.6) is 0 Å². The Morgan fingerprint density at radius 2 is 2.00 bits per heavy atom. The molecule has 0 aromatic heterocycles. The van der Waals surface area contributed by atoms with Gasteiger partial charge in [-0.25, -0.2) is 0 Å². The average molecular weight is 246 g/mol. The number of nitrogens with zero attached hydrogens (tertiary/aromatic N) is 1. The van der Waals surface area contributed by atoms with Gasteiger partial charge in [-0.1, -0.05) is 18.2 Å². The molecule has 0 saturated heterocycles. The Morgan fingerprint density at radius 1 is 1.33 bits per heavy atom. The third kappa shape index (κ3) is 3.76. The molecule has 0 bridgehead atoms. The van der Waals surface area contributed by atoms with Gasteiger partial charge in [-0.3, -0.25) is 4.79 Å². The van der Waals surface area contributed by atoms with Crippen LogP contribution in [0.4, 0.5) is 5.69 Å². The van der Waals surface area contributed by atoms with E-state index in [1.807, 2.05) is 35.2 Å². The van der Waals surface area contributed by atoms with E-state index in [1.165, 1.54) is 12.8 Å². The molecule has 1 aromatic carbocycles. The molecular formula is C15H22N2O. The maximum absolute atomic E-state index is 12.2. The number of hydrogen-bond donors (Lipinski definition) is 1. The summed E-state index contributed by atoms with van der Waals surface area (Å²) in [5, 5.41) is 3.18. The number of carbonyl (C=O) groups is 1. The molecular weight excluding hydrogens is 224 g/mol. The molecule has 3 nitrogen and oxygen atoms in total. The van der Waals surface area contributed by atoms with Crippen molar-refractivity contribution in [1.29, 1.82) is 0 Å². The normalized spacial score (nSPS) is 14.6. The molecule has 1 aliphatic rings. The minimum atomic E-state index is 0.195. The summed E-state index contributed by atoms with van der Waals surface area (Å²) in [6.07, 6.45) is 2.56. The van der Waals surface area contributed by atoms with Crippen LogP contribution in [0.3, 0.4) is 0 Å². The van der Waals surface area contributed by atoms with Gasteiger partial charge in [0.25, 0.3) is 0 Å². The maximum atomic E-state index is 12.2. The molecule has 1 saturated carbocycles. The van der Waals surface area contributed by atoms with Gasteiger partial charge in [0, 0.05) is 18.3 Å². The fourth-order valence-electron chi connectivity index (χ4n) is 2.01. The molecule has 1 fully saturated rings. The Bertz CT molecular complexity index is 385. The molecule has 2 rings (SSSR count). The van der Waals surface area contributed by atoms with Gasteiger partial charge in [0.15, 0.2) is 0 Å². The van der Waals surface area contributed by atoms with E-state index in [-0.39, 0.29) is 11.9 Å². The van der Waals surface area contributed by atoms with E-state index in [2.05, 4.69) is 19.2 Å². The van der Waals surface area contributed by atoms with E-state index in [0.29, 0.717) is 6.54 Å². The second kappa shape index (κ2) is 5.89. The summed E-state index contributed by atoms with van der Waals surface area (Å²) in [5.41, 5.74) is 1.00. The summed E-state index contributed by atoms with van der Waals surface area (Å²) in [6, 6.07) is 10.2. The van der Waals surface area contributed by atoms with Crippen molar-refractivity contribution in [3.8, 4) is 0 Å². The van der Waals surface area contributed by atoms with Crippen molar-refractivity contribution in [3.05, 3.63) is 30.3 Å². The third-order valence-corrected chi connectivity index (χ3v) is 3.31. The van der Waals surface area contributed by atoms with Crippen molar-refractivity contribution in [1.82, 2.24) is 4.90 Å². The molecule has 98 valence electrons. The van der Waals surface area contributed by atoms with Crippen LogP contribution in [0.2, 0.25) is 0 Å². The fraction of sp³-hybridized carbons (Fsp3) is 0.533. The first-order chi connectivity index (χ1) is 8.66. The van der Waals surface area contributed by atoms with Crippen LogP contribution >= 0.6 is 0 Å². The number of hydrogen-bond acceptors (Lipinski definition) is 2. The van der Waals surface area contributed by atoms with E-state index >= 15 is 0 Å². The van der Waals surface area contributed by atoms with Gasteiger partial charge < -0.3 is 10.2 Å². The third-order valence-electron chi connectivity index (χ3n) is 3.31. The highest BCUT2D eigenvalue weighted by Crippen LogP contribution is 2.30. The number of para-hydroxylation sites is 1. The zero-order chi connectivity index (χ0) is 13.0. The molecule has 0 atom stereocenters. The Balaban J connectivity index is 1.84. The smallest absolute Gasteiger partial charge is 0.242 e. The van der Waals surface area contributed by atoms with Crippen LogP contribution in [0, 0.1) is 5.92 Å². The lowest BCUT2D eigenvalue weighted by Gasteiger charge is -2.27. The van der Waals surface area contributed by atoms with Crippen molar-refractivity contribution < 1.29 is 4.79 Å². The first kappa shape index (κ1) is 12.9. The minimum Gasteiger partial charge on any atom is -0.376 e. The van der Waals surface area contributed by atoms with Gasteiger partial charge in [0.1, 0.15) is 0 Å². The minimum absolute atomic E-state index is 0.195. The topological polar surface area (TPSA) is 32.3 Å². The second-order valence-corrected chi connectivity index (χ2v) is 5.30. The van der Waals surface area contributed by atoms with Crippen LogP contribution in [0.25, 0.3) is 0 Å². The summed E-state index contributed by atoms with van der Waals surface area (Å²) in [6.45, 7) is 5.48.